The highest BCUT2D eigenvalue weighted by molar-refractivity contribution is 5.99. The highest BCUT2D eigenvalue weighted by atomic mass is 35.5. The Bertz CT molecular complexity index is 876. The molecule has 0 amide bonds. The van der Waals surface area contributed by atoms with E-state index in [2.05, 4.69) is 29.4 Å². The predicted octanol–water partition coefficient (Wildman–Crippen LogP) is 1.39. The van der Waals surface area contributed by atoms with Crippen molar-refractivity contribution in [2.75, 3.05) is 12.4 Å². The van der Waals surface area contributed by atoms with Crippen LogP contribution in [-0.4, -0.2) is 18.1 Å². The van der Waals surface area contributed by atoms with Crippen molar-refractivity contribution in [1.29, 1.82) is 0 Å². The molecule has 1 N–H and O–H groups in total. The summed E-state index contributed by atoms with van der Waals surface area (Å²) in [6.45, 7) is 4.01. The van der Waals surface area contributed by atoms with Crippen LogP contribution in [0.15, 0.2) is 48.5 Å². The van der Waals surface area contributed by atoms with Gasteiger partial charge in [-0.05, 0) is 50.2 Å². The predicted molar refractivity (Wildman–Crippen MR) is 92.3 cm³/mol. The summed E-state index contributed by atoms with van der Waals surface area (Å²) in [6.07, 6.45) is 0. The number of methoxy groups -OCH3 is 1. The first-order valence-corrected chi connectivity index (χ1v) is 7.40. The van der Waals surface area contributed by atoms with Gasteiger partial charge in [0.1, 0.15) is 0 Å². The summed E-state index contributed by atoms with van der Waals surface area (Å²) in [5.41, 5.74) is 5.38. The minimum atomic E-state index is -0.353. The number of ether oxygens (including phenoxy) is 1. The summed E-state index contributed by atoms with van der Waals surface area (Å²) < 4.78 is 4.80. The Labute approximate surface area is 147 Å². The molecule has 0 aliphatic heterocycles. The number of pyridine rings is 1. The Hall–Kier alpha value is -2.59. The van der Waals surface area contributed by atoms with Gasteiger partial charge in [-0.1, -0.05) is 17.7 Å². The Morgan fingerprint density at radius 3 is 2.42 bits per heavy atom. The Morgan fingerprint density at radius 1 is 1.04 bits per heavy atom. The highest BCUT2D eigenvalue weighted by Crippen LogP contribution is 2.27. The molecule has 3 rings (SSSR count). The van der Waals surface area contributed by atoms with Crippen molar-refractivity contribution in [2.24, 2.45) is 0 Å². The first-order chi connectivity index (χ1) is 11.1. The number of carbonyl (C=O) groups excluding carboxylic acids is 1. The van der Waals surface area contributed by atoms with Gasteiger partial charge in [0.25, 0.3) is 0 Å². The molecule has 0 bridgehead atoms. The van der Waals surface area contributed by atoms with Gasteiger partial charge in [0.05, 0.1) is 18.2 Å². The lowest BCUT2D eigenvalue weighted by molar-refractivity contribution is -0.0000194. The van der Waals surface area contributed by atoms with Crippen molar-refractivity contribution in [1.82, 2.24) is 4.98 Å². The first-order valence-electron chi connectivity index (χ1n) is 7.40. The number of benzene rings is 2. The third kappa shape index (κ3) is 3.66. The lowest BCUT2D eigenvalue weighted by Gasteiger charge is -2.12. The molecule has 0 atom stereocenters. The zero-order valence-electron chi connectivity index (χ0n) is 13.8. The third-order valence-corrected chi connectivity index (χ3v) is 3.69. The quantitative estimate of drug-likeness (QED) is 0.731. The van der Waals surface area contributed by atoms with E-state index >= 15 is 0 Å². The summed E-state index contributed by atoms with van der Waals surface area (Å²) in [5, 5.41) is 4.30. The number of aryl methyl sites for hydroxylation is 2. The average Bonchev–Trinajstić information content (AvgIpc) is 2.55. The number of hydrogen-bond donors (Lipinski definition) is 1. The number of esters is 1. The molecule has 1 heterocycles. The maximum atomic E-state index is 11.8. The molecule has 0 unspecified atom stereocenters. The second-order valence-corrected chi connectivity index (χ2v) is 5.53. The van der Waals surface area contributed by atoms with E-state index in [1.165, 1.54) is 12.7 Å². The van der Waals surface area contributed by atoms with Gasteiger partial charge in [-0.2, -0.15) is 0 Å². The van der Waals surface area contributed by atoms with E-state index in [0.717, 1.165) is 28.0 Å². The van der Waals surface area contributed by atoms with Crippen molar-refractivity contribution in [3.05, 3.63) is 65.4 Å². The normalized spacial score (nSPS) is 10.1. The largest absolute Gasteiger partial charge is 1.00 e. The second-order valence-electron chi connectivity index (χ2n) is 5.53. The molecule has 0 aliphatic carbocycles. The van der Waals surface area contributed by atoms with Gasteiger partial charge in [0.15, 0.2) is 0 Å². The minimum absolute atomic E-state index is 0. The topological polar surface area (TPSA) is 51.2 Å². The van der Waals surface area contributed by atoms with E-state index in [9.17, 15) is 4.79 Å². The monoisotopic (exact) mass is 341 g/mol. The van der Waals surface area contributed by atoms with Crippen LogP contribution in [0.3, 0.4) is 0 Å². The summed E-state index contributed by atoms with van der Waals surface area (Å²) in [6, 6.07) is 15.5. The molecule has 0 fully saturated rings. The maximum absolute atomic E-state index is 11.8. The number of rotatable bonds is 3. The summed E-state index contributed by atoms with van der Waals surface area (Å²) in [4.78, 5) is 16.3. The van der Waals surface area contributed by atoms with Gasteiger partial charge in [-0.25, -0.2) is 4.79 Å². The Morgan fingerprint density at radius 2 is 1.75 bits per heavy atom. The maximum Gasteiger partial charge on any atom is 0.337 e. The molecular formula is C19H18ClN2O2-. The summed E-state index contributed by atoms with van der Waals surface area (Å²) in [5.74, 6) is -0.353. The van der Waals surface area contributed by atoms with Crippen LogP contribution in [0.2, 0.25) is 0 Å². The van der Waals surface area contributed by atoms with Crippen LogP contribution in [-0.2, 0) is 4.74 Å². The molecular weight excluding hydrogens is 324 g/mol. The number of carbonyl (C=O) groups is 1. The van der Waals surface area contributed by atoms with E-state index in [1.54, 1.807) is 6.07 Å². The Balaban J connectivity index is 0.00000208. The van der Waals surface area contributed by atoms with Gasteiger partial charge in [0.2, 0.25) is 0 Å². The van der Waals surface area contributed by atoms with E-state index in [4.69, 9.17) is 4.74 Å². The van der Waals surface area contributed by atoms with Gasteiger partial charge in [-0.15, -0.1) is 0 Å². The molecule has 124 valence electrons. The fourth-order valence-corrected chi connectivity index (χ4v) is 2.50. The van der Waals surface area contributed by atoms with Crippen LogP contribution in [0.25, 0.3) is 10.9 Å². The minimum Gasteiger partial charge on any atom is -1.00 e. The molecule has 0 radical (unpaired) electrons. The standard InChI is InChI=1S/C19H18N2O2.ClH/c1-12-4-7-15(8-5-12)21-18-10-13(2)20-17-9-6-14(11-16(17)18)19(22)23-3;/h4-11H,1-3H3,(H,20,21);1H/p-1. The van der Waals surface area contributed by atoms with E-state index < -0.39 is 0 Å². The number of aromatic nitrogens is 1. The number of anilines is 2. The molecule has 0 saturated carbocycles. The number of nitrogens with one attached hydrogen (secondary N) is 1. The molecule has 5 heteroatoms. The van der Waals surface area contributed by atoms with E-state index in [-0.39, 0.29) is 18.4 Å². The molecule has 2 aromatic carbocycles. The van der Waals surface area contributed by atoms with Gasteiger partial charge in [-0.3, -0.25) is 4.98 Å². The fraction of sp³-hybridized carbons (Fsp3) is 0.158. The van der Waals surface area contributed by atoms with Crippen LogP contribution in [0.5, 0.6) is 0 Å². The summed E-state index contributed by atoms with van der Waals surface area (Å²) >= 11 is 0. The molecule has 4 nitrogen and oxygen atoms in total. The number of hydrogen-bond acceptors (Lipinski definition) is 4. The number of nitrogens with zero attached hydrogens (tertiary/aromatic N) is 1. The van der Waals surface area contributed by atoms with Gasteiger partial charge >= 0.3 is 5.97 Å². The summed E-state index contributed by atoms with van der Waals surface area (Å²) in [7, 11) is 1.38. The number of fused-ring (bicyclic) bond motifs is 1. The van der Waals surface area contributed by atoms with Crippen molar-refractivity contribution >= 4 is 28.2 Å². The highest BCUT2D eigenvalue weighted by Gasteiger charge is 2.10. The first kappa shape index (κ1) is 17.8. The van der Waals surface area contributed by atoms with E-state index in [0.29, 0.717) is 5.56 Å². The van der Waals surface area contributed by atoms with Crippen LogP contribution >= 0.6 is 0 Å². The van der Waals surface area contributed by atoms with Crippen LogP contribution < -0.4 is 17.7 Å². The van der Waals surface area contributed by atoms with Crippen LogP contribution in [0, 0.1) is 13.8 Å². The van der Waals surface area contributed by atoms with Gasteiger partial charge in [0, 0.05) is 22.5 Å². The van der Waals surface area contributed by atoms with Crippen LogP contribution in [0.1, 0.15) is 21.6 Å². The molecule has 0 spiro atoms. The fourth-order valence-electron chi connectivity index (χ4n) is 2.50. The van der Waals surface area contributed by atoms with E-state index in [1.807, 2.05) is 37.3 Å². The third-order valence-electron chi connectivity index (χ3n) is 3.69. The van der Waals surface area contributed by atoms with Crippen molar-refractivity contribution in [3.63, 3.8) is 0 Å². The molecule has 24 heavy (non-hydrogen) atoms. The van der Waals surface area contributed by atoms with Gasteiger partial charge < -0.3 is 22.5 Å². The molecule has 0 aliphatic rings. The molecule has 0 saturated heterocycles. The number of halogens is 1. The zero-order chi connectivity index (χ0) is 16.4. The van der Waals surface area contributed by atoms with Crippen LogP contribution in [0.4, 0.5) is 11.4 Å². The second kappa shape index (κ2) is 7.32. The smallest absolute Gasteiger partial charge is 0.337 e. The zero-order valence-corrected chi connectivity index (χ0v) is 14.5. The molecule has 1 aromatic heterocycles. The van der Waals surface area contributed by atoms with Crippen molar-refractivity contribution < 1.29 is 21.9 Å². The SMILES string of the molecule is COC(=O)c1ccc2nc(C)cc(Nc3ccc(C)cc3)c2c1.[Cl-]. The van der Waals surface area contributed by atoms with Crippen molar-refractivity contribution in [2.45, 2.75) is 13.8 Å². The lowest BCUT2D eigenvalue weighted by Crippen LogP contribution is -3.00. The average molecular weight is 342 g/mol. The molecule has 3 aromatic rings. The Kier molecular flexibility index (Phi) is 5.42. The van der Waals surface area contributed by atoms with Crippen molar-refractivity contribution in [3.8, 4) is 0 Å². The lowest BCUT2D eigenvalue weighted by atomic mass is 10.1.